The van der Waals surface area contributed by atoms with Crippen LogP contribution in [0.15, 0.2) is 46.9 Å². The van der Waals surface area contributed by atoms with Gasteiger partial charge in [-0.05, 0) is 61.4 Å². The summed E-state index contributed by atoms with van der Waals surface area (Å²) in [6.07, 6.45) is 9.46. The monoisotopic (exact) mass is 366 g/mol. The van der Waals surface area contributed by atoms with Crippen LogP contribution in [0.2, 0.25) is 0 Å². The Morgan fingerprint density at radius 2 is 1.89 bits per heavy atom. The number of furan rings is 1. The molecule has 2 heterocycles. The van der Waals surface area contributed by atoms with Gasteiger partial charge >= 0.3 is 0 Å². The van der Waals surface area contributed by atoms with Gasteiger partial charge in [0.05, 0.1) is 6.54 Å². The number of hydrogen-bond donors (Lipinski definition) is 2. The van der Waals surface area contributed by atoms with Crippen molar-refractivity contribution in [3.05, 3.63) is 65.1 Å². The summed E-state index contributed by atoms with van der Waals surface area (Å²) in [6.45, 7) is 4.67. The second kappa shape index (κ2) is 9.56. The highest BCUT2D eigenvalue weighted by Crippen LogP contribution is 2.24. The molecule has 1 aliphatic rings. The van der Waals surface area contributed by atoms with Crippen LogP contribution in [0.1, 0.15) is 61.8 Å². The highest BCUT2D eigenvalue weighted by atomic mass is 16.3. The van der Waals surface area contributed by atoms with Gasteiger partial charge in [0, 0.05) is 6.04 Å². The normalized spacial score (nSPS) is 20.1. The van der Waals surface area contributed by atoms with E-state index in [1.54, 1.807) is 0 Å². The average Bonchev–Trinajstić information content (AvgIpc) is 3.17. The van der Waals surface area contributed by atoms with Gasteiger partial charge in [0.2, 0.25) is 5.91 Å². The van der Waals surface area contributed by atoms with Crippen molar-refractivity contribution in [2.45, 2.75) is 58.0 Å². The van der Waals surface area contributed by atoms with Crippen LogP contribution in [-0.2, 0) is 17.6 Å². The fraction of sp³-hybridized carbons (Fsp3) is 0.435. The molecule has 1 aromatic heterocycles. The maximum atomic E-state index is 11.7. The van der Waals surface area contributed by atoms with Crippen molar-refractivity contribution >= 4 is 12.0 Å². The fourth-order valence-electron chi connectivity index (χ4n) is 3.51. The summed E-state index contributed by atoms with van der Waals surface area (Å²) < 4.78 is 5.95. The number of aryl methyl sites for hydroxylation is 2. The molecule has 1 fully saturated rings. The van der Waals surface area contributed by atoms with E-state index in [1.807, 2.05) is 18.2 Å². The average molecular weight is 367 g/mol. The quantitative estimate of drug-likeness (QED) is 0.680. The van der Waals surface area contributed by atoms with E-state index in [0.29, 0.717) is 6.54 Å². The van der Waals surface area contributed by atoms with Crippen LogP contribution >= 0.6 is 0 Å². The first-order valence-electron chi connectivity index (χ1n) is 10.1. The van der Waals surface area contributed by atoms with E-state index in [4.69, 9.17) is 4.42 Å². The van der Waals surface area contributed by atoms with E-state index in [2.05, 4.69) is 54.8 Å². The molecule has 1 aromatic carbocycles. The lowest BCUT2D eigenvalue weighted by atomic mass is 10.0. The third-order valence-corrected chi connectivity index (χ3v) is 5.19. The van der Waals surface area contributed by atoms with Gasteiger partial charge in [0.25, 0.3) is 0 Å². The van der Waals surface area contributed by atoms with Crippen molar-refractivity contribution in [1.82, 2.24) is 10.6 Å². The minimum atomic E-state index is -0.0931. The van der Waals surface area contributed by atoms with E-state index in [-0.39, 0.29) is 18.0 Å². The smallest absolute Gasteiger partial charge is 0.234 e. The van der Waals surface area contributed by atoms with E-state index in [0.717, 1.165) is 43.6 Å². The van der Waals surface area contributed by atoms with Crippen LogP contribution in [0.25, 0.3) is 6.08 Å². The third kappa shape index (κ3) is 5.33. The summed E-state index contributed by atoms with van der Waals surface area (Å²) in [5, 5.41) is 6.30. The minimum Gasteiger partial charge on any atom is -0.459 e. The molecule has 2 unspecified atom stereocenters. The molecule has 27 heavy (non-hydrogen) atoms. The molecule has 0 saturated carbocycles. The third-order valence-electron chi connectivity index (χ3n) is 5.19. The first kappa shape index (κ1) is 19.4. The van der Waals surface area contributed by atoms with Gasteiger partial charge in [-0.1, -0.05) is 44.2 Å². The van der Waals surface area contributed by atoms with Crippen molar-refractivity contribution in [3.8, 4) is 0 Å². The zero-order valence-electron chi connectivity index (χ0n) is 16.3. The predicted octanol–water partition coefficient (Wildman–Crippen LogP) is 4.42. The summed E-state index contributed by atoms with van der Waals surface area (Å²) in [5.74, 6) is 1.68. The van der Waals surface area contributed by atoms with Crippen LogP contribution < -0.4 is 10.6 Å². The molecule has 3 rings (SSSR count). The molecule has 4 heteroatoms. The Kier molecular flexibility index (Phi) is 6.88. The second-order valence-electron chi connectivity index (χ2n) is 7.15. The zero-order chi connectivity index (χ0) is 19.1. The van der Waals surface area contributed by atoms with E-state index in [1.165, 1.54) is 11.1 Å². The number of benzene rings is 1. The largest absolute Gasteiger partial charge is 0.459 e. The number of unbranched alkanes of at least 4 members (excludes halogenated alkanes) is 1. The second-order valence-corrected chi connectivity index (χ2v) is 7.15. The molecule has 1 aliphatic heterocycles. The van der Waals surface area contributed by atoms with Crippen LogP contribution in [0.5, 0.6) is 0 Å². The minimum absolute atomic E-state index is 0.0187. The van der Waals surface area contributed by atoms with Crippen molar-refractivity contribution in [2.24, 2.45) is 0 Å². The van der Waals surface area contributed by atoms with Gasteiger partial charge in [-0.3, -0.25) is 4.79 Å². The fourth-order valence-corrected chi connectivity index (χ4v) is 3.51. The number of carbonyl (C=O) groups excluding carboxylic acids is 1. The molecule has 144 valence electrons. The number of carbonyl (C=O) groups is 1. The highest BCUT2D eigenvalue weighted by molar-refractivity contribution is 5.79. The Bertz CT molecular complexity index is 761. The Hall–Kier alpha value is -2.33. The van der Waals surface area contributed by atoms with Gasteiger partial charge in [0.1, 0.15) is 17.6 Å². The molecule has 4 nitrogen and oxygen atoms in total. The van der Waals surface area contributed by atoms with Crippen LogP contribution in [-0.4, -0.2) is 18.5 Å². The molecular formula is C23H30N2O2. The van der Waals surface area contributed by atoms with Crippen molar-refractivity contribution in [1.29, 1.82) is 0 Å². The van der Waals surface area contributed by atoms with E-state index >= 15 is 0 Å². The van der Waals surface area contributed by atoms with Crippen molar-refractivity contribution in [2.75, 3.05) is 6.54 Å². The summed E-state index contributed by atoms with van der Waals surface area (Å²) in [4.78, 5) is 11.7. The lowest BCUT2D eigenvalue weighted by Crippen LogP contribution is -2.53. The number of hydrogen-bond acceptors (Lipinski definition) is 3. The topological polar surface area (TPSA) is 54.3 Å². The number of nitrogens with one attached hydrogen (secondary N) is 2. The van der Waals surface area contributed by atoms with E-state index in [9.17, 15) is 4.79 Å². The Labute approximate surface area is 162 Å². The zero-order valence-corrected chi connectivity index (χ0v) is 16.3. The summed E-state index contributed by atoms with van der Waals surface area (Å²) >= 11 is 0. The SMILES string of the molecule is CCc1ccc(CCCC=Cc2ccc(C3NC(=O)CNC3CC)o2)cc1. The maximum absolute atomic E-state index is 11.7. The van der Waals surface area contributed by atoms with Crippen molar-refractivity contribution in [3.63, 3.8) is 0 Å². The van der Waals surface area contributed by atoms with Gasteiger partial charge in [-0.2, -0.15) is 0 Å². The molecule has 0 aliphatic carbocycles. The molecular weight excluding hydrogens is 336 g/mol. The van der Waals surface area contributed by atoms with Crippen LogP contribution in [0.3, 0.4) is 0 Å². The number of piperazine rings is 1. The van der Waals surface area contributed by atoms with Gasteiger partial charge in [-0.25, -0.2) is 0 Å². The molecule has 2 atom stereocenters. The van der Waals surface area contributed by atoms with Crippen LogP contribution in [0.4, 0.5) is 0 Å². The predicted molar refractivity (Wildman–Crippen MR) is 109 cm³/mol. The number of amides is 1. The lowest BCUT2D eigenvalue weighted by Gasteiger charge is -2.31. The summed E-state index contributed by atoms with van der Waals surface area (Å²) in [6, 6.07) is 13.0. The molecule has 2 aromatic rings. The van der Waals surface area contributed by atoms with E-state index < -0.39 is 0 Å². The molecule has 0 radical (unpaired) electrons. The molecule has 0 spiro atoms. The van der Waals surface area contributed by atoms with Gasteiger partial charge < -0.3 is 15.1 Å². The molecule has 1 amide bonds. The van der Waals surface area contributed by atoms with Crippen molar-refractivity contribution < 1.29 is 9.21 Å². The number of allylic oxidation sites excluding steroid dienone is 1. The standard InChI is InChI=1S/C23H30N2O2/c1-3-17-10-12-18(13-11-17)8-6-5-7-9-19-14-15-21(27-19)23-20(4-2)24-16-22(26)25-23/h7,9-15,20,23-24H,3-6,8,16H2,1-2H3,(H,25,26). The first-order chi connectivity index (χ1) is 13.2. The highest BCUT2D eigenvalue weighted by Gasteiger charge is 2.30. The van der Waals surface area contributed by atoms with Gasteiger partial charge in [-0.15, -0.1) is 0 Å². The molecule has 1 saturated heterocycles. The lowest BCUT2D eigenvalue weighted by molar-refractivity contribution is -0.123. The maximum Gasteiger partial charge on any atom is 0.234 e. The van der Waals surface area contributed by atoms with Gasteiger partial charge in [0.15, 0.2) is 0 Å². The summed E-state index contributed by atoms with van der Waals surface area (Å²) in [7, 11) is 0. The molecule has 2 N–H and O–H groups in total. The number of rotatable bonds is 8. The summed E-state index contributed by atoms with van der Waals surface area (Å²) in [5.41, 5.74) is 2.79. The first-order valence-corrected chi connectivity index (χ1v) is 10.1. The molecule has 0 bridgehead atoms. The van der Waals surface area contributed by atoms with Crippen LogP contribution in [0, 0.1) is 0 Å². The Morgan fingerprint density at radius 1 is 1.11 bits per heavy atom. The Balaban J connectivity index is 1.48. The Morgan fingerprint density at radius 3 is 2.63 bits per heavy atom.